The first kappa shape index (κ1) is 12.2. The van der Waals surface area contributed by atoms with Gasteiger partial charge in [0.25, 0.3) is 0 Å². The molecule has 1 aliphatic heterocycles. The standard InChI is InChI=1S/C12H16BrClN2/c13-10-5-6-12(15-9-10)16-7-3-1-2-4-11(16)8-14/h5-6,9,11H,1-4,7-8H2. The van der Waals surface area contributed by atoms with Crippen LogP contribution in [0.15, 0.2) is 22.8 Å². The minimum absolute atomic E-state index is 0.442. The molecule has 1 aliphatic rings. The first-order chi connectivity index (χ1) is 7.81. The molecule has 4 heteroatoms. The average Bonchev–Trinajstić information content (AvgIpc) is 2.55. The van der Waals surface area contributed by atoms with E-state index in [0.29, 0.717) is 11.9 Å². The topological polar surface area (TPSA) is 16.1 Å². The lowest BCUT2D eigenvalue weighted by atomic mass is 10.1. The molecule has 0 bridgehead atoms. The minimum Gasteiger partial charge on any atom is -0.352 e. The van der Waals surface area contributed by atoms with Crippen LogP contribution in [0.2, 0.25) is 0 Å². The Balaban J connectivity index is 2.18. The van der Waals surface area contributed by atoms with E-state index in [-0.39, 0.29) is 0 Å². The number of hydrogen-bond acceptors (Lipinski definition) is 2. The van der Waals surface area contributed by atoms with Crippen LogP contribution in [-0.4, -0.2) is 23.5 Å². The fourth-order valence-electron chi connectivity index (χ4n) is 2.18. The smallest absolute Gasteiger partial charge is 0.128 e. The summed E-state index contributed by atoms with van der Waals surface area (Å²) in [5, 5.41) is 0. The number of alkyl halides is 1. The molecule has 2 nitrogen and oxygen atoms in total. The van der Waals surface area contributed by atoms with Crippen molar-refractivity contribution in [1.29, 1.82) is 0 Å². The molecule has 2 rings (SSSR count). The molecule has 1 aromatic rings. The van der Waals surface area contributed by atoms with E-state index in [9.17, 15) is 0 Å². The lowest BCUT2D eigenvalue weighted by Gasteiger charge is -2.29. The van der Waals surface area contributed by atoms with Crippen molar-refractivity contribution in [3.05, 3.63) is 22.8 Å². The molecule has 0 radical (unpaired) electrons. The lowest BCUT2D eigenvalue weighted by molar-refractivity contribution is 0.616. The fourth-order valence-corrected chi connectivity index (χ4v) is 2.73. The highest BCUT2D eigenvalue weighted by atomic mass is 79.9. The van der Waals surface area contributed by atoms with Crippen molar-refractivity contribution in [3.63, 3.8) is 0 Å². The van der Waals surface area contributed by atoms with E-state index >= 15 is 0 Å². The summed E-state index contributed by atoms with van der Waals surface area (Å²) < 4.78 is 1.02. The zero-order valence-corrected chi connectivity index (χ0v) is 11.5. The highest BCUT2D eigenvalue weighted by Gasteiger charge is 2.21. The van der Waals surface area contributed by atoms with Gasteiger partial charge in [0.1, 0.15) is 5.82 Å². The minimum atomic E-state index is 0.442. The van der Waals surface area contributed by atoms with Crippen molar-refractivity contribution in [3.8, 4) is 0 Å². The van der Waals surface area contributed by atoms with E-state index in [0.717, 1.165) is 16.8 Å². The second-order valence-electron chi connectivity index (χ2n) is 4.19. The van der Waals surface area contributed by atoms with Gasteiger partial charge in [-0.2, -0.15) is 0 Å². The third-order valence-electron chi connectivity index (χ3n) is 3.06. The number of nitrogens with zero attached hydrogens (tertiary/aromatic N) is 2. The Bertz CT molecular complexity index is 328. The molecule has 1 aromatic heterocycles. The summed E-state index contributed by atoms with van der Waals surface area (Å²) in [6.07, 6.45) is 6.86. The average molecular weight is 304 g/mol. The Morgan fingerprint density at radius 3 is 2.94 bits per heavy atom. The largest absolute Gasteiger partial charge is 0.352 e. The fraction of sp³-hybridized carbons (Fsp3) is 0.583. The SMILES string of the molecule is ClCC1CCCCCN1c1ccc(Br)cn1. The van der Waals surface area contributed by atoms with Crippen molar-refractivity contribution < 1.29 is 0 Å². The Hall–Kier alpha value is -0.280. The van der Waals surface area contributed by atoms with Crippen LogP contribution in [0.4, 0.5) is 5.82 Å². The molecule has 16 heavy (non-hydrogen) atoms. The molecule has 2 heterocycles. The van der Waals surface area contributed by atoms with Gasteiger partial charge in [0.15, 0.2) is 0 Å². The van der Waals surface area contributed by atoms with Gasteiger partial charge in [-0.3, -0.25) is 0 Å². The van der Waals surface area contributed by atoms with Gasteiger partial charge >= 0.3 is 0 Å². The van der Waals surface area contributed by atoms with Gasteiger partial charge in [-0.25, -0.2) is 4.98 Å². The number of hydrogen-bond donors (Lipinski definition) is 0. The zero-order chi connectivity index (χ0) is 11.4. The van der Waals surface area contributed by atoms with Crippen LogP contribution in [-0.2, 0) is 0 Å². The molecule has 1 atom stereocenters. The van der Waals surface area contributed by atoms with Crippen LogP contribution in [0.25, 0.3) is 0 Å². The Kier molecular flexibility index (Phi) is 4.47. The molecule has 0 aromatic carbocycles. The van der Waals surface area contributed by atoms with E-state index in [1.54, 1.807) is 0 Å². The molecule has 0 amide bonds. The highest BCUT2D eigenvalue weighted by Crippen LogP contribution is 2.24. The third kappa shape index (κ3) is 2.89. The summed E-state index contributed by atoms with van der Waals surface area (Å²) in [5.41, 5.74) is 0. The number of pyridine rings is 1. The normalized spacial score (nSPS) is 21.9. The number of anilines is 1. The van der Waals surface area contributed by atoms with Crippen molar-refractivity contribution in [2.24, 2.45) is 0 Å². The van der Waals surface area contributed by atoms with Crippen LogP contribution in [0.3, 0.4) is 0 Å². The predicted octanol–water partition coefficient (Wildman–Crippen LogP) is 3.83. The third-order valence-corrected chi connectivity index (χ3v) is 3.89. The maximum absolute atomic E-state index is 6.05. The van der Waals surface area contributed by atoms with Gasteiger partial charge in [-0.05, 0) is 40.9 Å². The van der Waals surface area contributed by atoms with E-state index in [1.807, 2.05) is 12.3 Å². The van der Waals surface area contributed by atoms with E-state index in [4.69, 9.17) is 11.6 Å². The van der Waals surface area contributed by atoms with Crippen LogP contribution >= 0.6 is 27.5 Å². The first-order valence-corrected chi connectivity index (χ1v) is 7.08. The summed E-state index contributed by atoms with van der Waals surface area (Å²) in [6, 6.07) is 4.55. The Labute approximate surface area is 110 Å². The summed E-state index contributed by atoms with van der Waals surface area (Å²) in [6.45, 7) is 1.08. The molecule has 1 saturated heterocycles. The number of halogens is 2. The zero-order valence-electron chi connectivity index (χ0n) is 9.20. The van der Waals surface area contributed by atoms with Crippen molar-refractivity contribution in [1.82, 2.24) is 4.98 Å². The lowest BCUT2D eigenvalue weighted by Crippen LogP contribution is -2.36. The van der Waals surface area contributed by atoms with E-state index in [2.05, 4.69) is 31.9 Å². The van der Waals surface area contributed by atoms with Gasteiger partial charge in [-0.1, -0.05) is 12.8 Å². The second kappa shape index (κ2) is 5.87. The molecule has 88 valence electrons. The molecule has 1 unspecified atom stereocenters. The van der Waals surface area contributed by atoms with Crippen LogP contribution in [0.1, 0.15) is 25.7 Å². The molecule has 0 N–H and O–H groups in total. The van der Waals surface area contributed by atoms with Gasteiger partial charge in [0.2, 0.25) is 0 Å². The molecule has 1 fully saturated rings. The van der Waals surface area contributed by atoms with Crippen LogP contribution in [0, 0.1) is 0 Å². The highest BCUT2D eigenvalue weighted by molar-refractivity contribution is 9.10. The monoisotopic (exact) mass is 302 g/mol. The summed E-state index contributed by atoms with van der Waals surface area (Å²) in [4.78, 5) is 6.82. The van der Waals surface area contributed by atoms with Crippen molar-refractivity contribution in [2.75, 3.05) is 17.3 Å². The predicted molar refractivity (Wildman–Crippen MR) is 72.3 cm³/mol. The first-order valence-electron chi connectivity index (χ1n) is 5.75. The van der Waals surface area contributed by atoms with Gasteiger partial charge in [0, 0.05) is 29.1 Å². The molecule has 0 aliphatic carbocycles. The van der Waals surface area contributed by atoms with Gasteiger partial charge in [-0.15, -0.1) is 11.6 Å². The van der Waals surface area contributed by atoms with Gasteiger partial charge < -0.3 is 4.90 Å². The van der Waals surface area contributed by atoms with Crippen LogP contribution < -0.4 is 4.90 Å². The second-order valence-corrected chi connectivity index (χ2v) is 5.41. The summed E-state index contributed by atoms with van der Waals surface area (Å²) >= 11 is 9.46. The molecule has 0 spiro atoms. The van der Waals surface area contributed by atoms with E-state index < -0.39 is 0 Å². The maximum Gasteiger partial charge on any atom is 0.128 e. The number of aromatic nitrogens is 1. The van der Waals surface area contributed by atoms with Crippen LogP contribution in [0.5, 0.6) is 0 Å². The molecular weight excluding hydrogens is 288 g/mol. The summed E-state index contributed by atoms with van der Waals surface area (Å²) in [5.74, 6) is 1.74. The van der Waals surface area contributed by atoms with Crippen molar-refractivity contribution >= 4 is 33.3 Å². The molecule has 0 saturated carbocycles. The summed E-state index contributed by atoms with van der Waals surface area (Å²) in [7, 11) is 0. The van der Waals surface area contributed by atoms with Crippen molar-refractivity contribution in [2.45, 2.75) is 31.7 Å². The number of rotatable bonds is 2. The Morgan fingerprint density at radius 1 is 1.38 bits per heavy atom. The quantitative estimate of drug-likeness (QED) is 0.772. The Morgan fingerprint density at radius 2 is 2.25 bits per heavy atom. The molecular formula is C12H16BrClN2. The van der Waals surface area contributed by atoms with E-state index in [1.165, 1.54) is 25.7 Å². The maximum atomic E-state index is 6.05. The van der Waals surface area contributed by atoms with Gasteiger partial charge in [0.05, 0.1) is 0 Å².